The fraction of sp³-hybridized carbons (Fsp3) is 0.111. The van der Waals surface area contributed by atoms with E-state index in [0.717, 1.165) is 16.8 Å². The minimum absolute atomic E-state index is 0.314. The number of carbonyl (C=O) groups excluding carboxylic acids is 1. The van der Waals surface area contributed by atoms with Crippen molar-refractivity contribution in [2.45, 2.75) is 6.92 Å². The van der Waals surface area contributed by atoms with Crippen LogP contribution in [0.1, 0.15) is 15.9 Å². The van der Waals surface area contributed by atoms with Gasteiger partial charge in [0, 0.05) is 23.8 Å². The van der Waals surface area contributed by atoms with Gasteiger partial charge in [0.1, 0.15) is 11.4 Å². The molecular weight excluding hydrogens is 366 g/mol. The van der Waals surface area contributed by atoms with Gasteiger partial charge in [-0.2, -0.15) is 10.2 Å². The summed E-state index contributed by atoms with van der Waals surface area (Å²) < 4.78 is 3.19. The highest BCUT2D eigenvalue weighted by atomic mass is 35.5. The number of benzene rings is 1. The Labute approximate surface area is 159 Å². The lowest BCUT2D eigenvalue weighted by molar-refractivity contribution is 0.102. The Morgan fingerprint density at radius 3 is 2.85 bits per heavy atom. The molecule has 4 aromatic rings. The van der Waals surface area contributed by atoms with Crippen molar-refractivity contribution in [2.75, 3.05) is 11.1 Å². The molecule has 0 aliphatic heterocycles. The summed E-state index contributed by atoms with van der Waals surface area (Å²) in [4.78, 5) is 17.0. The fourth-order valence-electron chi connectivity index (χ4n) is 2.93. The molecule has 1 amide bonds. The topological polar surface area (TPSA) is 103 Å². The zero-order valence-corrected chi connectivity index (χ0v) is 15.4. The van der Waals surface area contributed by atoms with E-state index in [2.05, 4.69) is 20.5 Å². The van der Waals surface area contributed by atoms with E-state index in [0.29, 0.717) is 27.7 Å². The molecule has 0 saturated carbocycles. The van der Waals surface area contributed by atoms with Crippen molar-refractivity contribution < 1.29 is 4.79 Å². The number of hydrogen-bond donors (Lipinski definition) is 2. The average Bonchev–Trinajstić information content (AvgIpc) is 3.20. The molecule has 0 spiro atoms. The summed E-state index contributed by atoms with van der Waals surface area (Å²) >= 11 is 6.16. The predicted octanol–water partition coefficient (Wildman–Crippen LogP) is 2.93. The number of nitrogens with one attached hydrogen (secondary N) is 1. The summed E-state index contributed by atoms with van der Waals surface area (Å²) in [6, 6.07) is 7.21. The molecule has 0 aliphatic rings. The first kappa shape index (κ1) is 17.0. The van der Waals surface area contributed by atoms with Crippen LogP contribution in [0.5, 0.6) is 0 Å². The van der Waals surface area contributed by atoms with Gasteiger partial charge in [-0.1, -0.05) is 17.7 Å². The molecule has 3 aromatic heterocycles. The Kier molecular flexibility index (Phi) is 4.04. The van der Waals surface area contributed by atoms with Gasteiger partial charge >= 0.3 is 0 Å². The summed E-state index contributed by atoms with van der Waals surface area (Å²) in [5, 5.41) is 11.9. The van der Waals surface area contributed by atoms with E-state index in [4.69, 9.17) is 17.3 Å². The first-order valence-corrected chi connectivity index (χ1v) is 8.51. The largest absolute Gasteiger partial charge is 0.384 e. The molecule has 9 heteroatoms. The van der Waals surface area contributed by atoms with Crippen LogP contribution in [0, 0.1) is 6.92 Å². The van der Waals surface area contributed by atoms with Crippen molar-refractivity contribution in [2.24, 2.45) is 7.05 Å². The number of aromatic nitrogens is 5. The van der Waals surface area contributed by atoms with Crippen LogP contribution in [0.15, 0.2) is 42.9 Å². The number of aryl methyl sites for hydroxylation is 2. The van der Waals surface area contributed by atoms with E-state index in [-0.39, 0.29) is 5.91 Å². The van der Waals surface area contributed by atoms with Gasteiger partial charge in [0.05, 0.1) is 23.8 Å². The Morgan fingerprint density at radius 2 is 2.04 bits per heavy atom. The van der Waals surface area contributed by atoms with Crippen LogP contribution < -0.4 is 11.1 Å². The number of rotatable bonds is 3. The Morgan fingerprint density at radius 1 is 1.22 bits per heavy atom. The number of fused-ring (bicyclic) bond motifs is 1. The van der Waals surface area contributed by atoms with Gasteiger partial charge in [0.25, 0.3) is 5.91 Å². The normalized spacial score (nSPS) is 11.1. The molecule has 0 bridgehead atoms. The molecule has 27 heavy (non-hydrogen) atoms. The van der Waals surface area contributed by atoms with Gasteiger partial charge in [0.2, 0.25) is 0 Å². The number of carbonyl (C=O) groups is 1. The van der Waals surface area contributed by atoms with Gasteiger partial charge < -0.3 is 11.1 Å². The summed E-state index contributed by atoms with van der Waals surface area (Å²) in [5.41, 5.74) is 9.66. The van der Waals surface area contributed by atoms with Gasteiger partial charge in [-0.25, -0.2) is 9.50 Å². The van der Waals surface area contributed by atoms with E-state index in [9.17, 15) is 4.79 Å². The minimum atomic E-state index is -0.350. The zero-order valence-electron chi connectivity index (χ0n) is 14.6. The van der Waals surface area contributed by atoms with Crippen molar-refractivity contribution in [1.29, 1.82) is 0 Å². The number of nitrogen functional groups attached to an aromatic ring is 1. The van der Waals surface area contributed by atoms with Crippen molar-refractivity contribution in [3.63, 3.8) is 0 Å². The lowest BCUT2D eigenvalue weighted by Crippen LogP contribution is -2.13. The molecule has 0 unspecified atom stereocenters. The van der Waals surface area contributed by atoms with Crippen LogP contribution in [0.4, 0.5) is 11.5 Å². The smallest absolute Gasteiger partial charge is 0.261 e. The predicted molar refractivity (Wildman–Crippen MR) is 104 cm³/mol. The van der Waals surface area contributed by atoms with Crippen LogP contribution in [0.25, 0.3) is 16.9 Å². The molecule has 3 heterocycles. The first-order valence-electron chi connectivity index (χ1n) is 8.14. The maximum atomic E-state index is 12.8. The number of halogens is 1. The molecule has 1 aromatic carbocycles. The number of nitrogens with zero attached hydrogens (tertiary/aromatic N) is 5. The maximum Gasteiger partial charge on any atom is 0.261 e. The molecule has 8 nitrogen and oxygen atoms in total. The second-order valence-corrected chi connectivity index (χ2v) is 6.56. The third kappa shape index (κ3) is 3.00. The van der Waals surface area contributed by atoms with E-state index in [1.54, 1.807) is 23.1 Å². The number of anilines is 2. The Balaban J connectivity index is 1.74. The van der Waals surface area contributed by atoms with Gasteiger partial charge in [-0.3, -0.25) is 9.48 Å². The maximum absolute atomic E-state index is 12.8. The molecule has 0 radical (unpaired) electrons. The SMILES string of the molecule is Cc1ccc(Cl)cc1-c1c(NC(=O)c2cnn3ccc(N)nc23)cnn1C. The number of amides is 1. The summed E-state index contributed by atoms with van der Waals surface area (Å²) in [6.07, 6.45) is 4.71. The zero-order chi connectivity index (χ0) is 19.1. The first-order chi connectivity index (χ1) is 12.9. The summed E-state index contributed by atoms with van der Waals surface area (Å²) in [5.74, 6) is -0.0364. The van der Waals surface area contributed by atoms with E-state index in [1.165, 1.54) is 10.7 Å². The van der Waals surface area contributed by atoms with Crippen LogP contribution in [0.2, 0.25) is 5.02 Å². The third-order valence-corrected chi connectivity index (χ3v) is 4.51. The number of hydrogen-bond acceptors (Lipinski definition) is 5. The molecule has 136 valence electrons. The average molecular weight is 382 g/mol. The molecule has 3 N–H and O–H groups in total. The number of nitrogens with two attached hydrogens (primary N) is 1. The highest BCUT2D eigenvalue weighted by Crippen LogP contribution is 2.32. The fourth-order valence-corrected chi connectivity index (χ4v) is 3.10. The standard InChI is InChI=1S/C18H16ClN7O/c1-10-3-4-11(19)7-12(10)16-14(9-21-25(16)2)23-18(27)13-8-22-26-6-5-15(20)24-17(13)26/h3-9H,1-2H3,(H2,20,24)(H,23,27). The molecular formula is C18H16ClN7O. The molecule has 4 rings (SSSR count). The van der Waals surface area contributed by atoms with Crippen molar-refractivity contribution in [3.05, 3.63) is 59.0 Å². The Bertz CT molecular complexity index is 1180. The van der Waals surface area contributed by atoms with Crippen molar-refractivity contribution >= 4 is 34.7 Å². The van der Waals surface area contributed by atoms with Crippen LogP contribution in [-0.2, 0) is 7.05 Å². The van der Waals surface area contributed by atoms with Crippen LogP contribution in [0.3, 0.4) is 0 Å². The highest BCUT2D eigenvalue weighted by Gasteiger charge is 2.19. The van der Waals surface area contributed by atoms with Gasteiger partial charge in [0.15, 0.2) is 5.65 Å². The third-order valence-electron chi connectivity index (χ3n) is 4.28. The molecule has 0 saturated heterocycles. The molecule has 0 fully saturated rings. The summed E-state index contributed by atoms with van der Waals surface area (Å²) in [6.45, 7) is 1.97. The Hall–Kier alpha value is -3.39. The van der Waals surface area contributed by atoms with E-state index >= 15 is 0 Å². The van der Waals surface area contributed by atoms with E-state index < -0.39 is 0 Å². The lowest BCUT2D eigenvalue weighted by Gasteiger charge is -2.11. The highest BCUT2D eigenvalue weighted by molar-refractivity contribution is 6.31. The minimum Gasteiger partial charge on any atom is -0.384 e. The van der Waals surface area contributed by atoms with E-state index in [1.807, 2.05) is 32.2 Å². The van der Waals surface area contributed by atoms with Crippen molar-refractivity contribution in [3.8, 4) is 11.3 Å². The second kappa shape index (κ2) is 6.40. The summed E-state index contributed by atoms with van der Waals surface area (Å²) in [7, 11) is 1.81. The monoisotopic (exact) mass is 381 g/mol. The lowest BCUT2D eigenvalue weighted by atomic mass is 10.0. The molecule has 0 atom stereocenters. The van der Waals surface area contributed by atoms with Crippen LogP contribution in [-0.4, -0.2) is 30.3 Å². The van der Waals surface area contributed by atoms with Gasteiger partial charge in [-0.05, 0) is 30.7 Å². The van der Waals surface area contributed by atoms with Crippen molar-refractivity contribution in [1.82, 2.24) is 24.4 Å². The second-order valence-electron chi connectivity index (χ2n) is 6.12. The van der Waals surface area contributed by atoms with Gasteiger partial charge in [-0.15, -0.1) is 0 Å². The molecule has 0 aliphatic carbocycles. The van der Waals surface area contributed by atoms with Crippen LogP contribution >= 0.6 is 11.6 Å². The quantitative estimate of drug-likeness (QED) is 0.568.